The molecule has 150 valence electrons. The zero-order chi connectivity index (χ0) is 20.2. The van der Waals surface area contributed by atoms with E-state index < -0.39 is 5.91 Å². The lowest BCUT2D eigenvalue weighted by atomic mass is 9.86. The Morgan fingerprint density at radius 3 is 2.76 bits per heavy atom. The van der Waals surface area contributed by atoms with Crippen LogP contribution in [-0.2, 0) is 6.42 Å². The van der Waals surface area contributed by atoms with Crippen molar-refractivity contribution in [3.63, 3.8) is 0 Å². The number of fused-ring (bicyclic) bond motifs is 1. The highest BCUT2D eigenvalue weighted by atomic mass is 16.3. The molecule has 5 N–H and O–H groups in total. The predicted molar refractivity (Wildman–Crippen MR) is 116 cm³/mol. The van der Waals surface area contributed by atoms with Gasteiger partial charge in [-0.1, -0.05) is 30.7 Å². The van der Waals surface area contributed by atoms with E-state index in [1.165, 1.54) is 11.1 Å². The van der Waals surface area contributed by atoms with Crippen molar-refractivity contribution < 1.29 is 9.90 Å². The number of nitrogens with two attached hydrogens (primary N) is 1. The van der Waals surface area contributed by atoms with Crippen molar-refractivity contribution in [1.29, 1.82) is 0 Å². The van der Waals surface area contributed by atoms with Crippen LogP contribution in [0, 0.1) is 0 Å². The minimum atomic E-state index is -0.393. The van der Waals surface area contributed by atoms with Gasteiger partial charge in [-0.3, -0.25) is 4.79 Å². The summed E-state index contributed by atoms with van der Waals surface area (Å²) in [7, 11) is 0. The molecule has 2 heterocycles. The number of carbonyl (C=O) groups is 1. The minimum absolute atomic E-state index is 0.302. The summed E-state index contributed by atoms with van der Waals surface area (Å²) in [5, 5.41) is 14.2. The van der Waals surface area contributed by atoms with Gasteiger partial charge in [-0.2, -0.15) is 0 Å². The fourth-order valence-corrected chi connectivity index (χ4v) is 4.23. The van der Waals surface area contributed by atoms with E-state index >= 15 is 0 Å². The molecule has 5 nitrogen and oxygen atoms in total. The Bertz CT molecular complexity index is 1020. The van der Waals surface area contributed by atoms with Crippen molar-refractivity contribution in [3.05, 3.63) is 77.5 Å². The summed E-state index contributed by atoms with van der Waals surface area (Å²) in [4.78, 5) is 14.7. The number of phenols is 1. The number of benzene rings is 2. The summed E-state index contributed by atoms with van der Waals surface area (Å²) < 4.78 is 0. The van der Waals surface area contributed by atoms with Crippen LogP contribution in [0.1, 0.15) is 46.7 Å². The number of unbranched alkanes of at least 4 members (excludes halogenated alkanes) is 1. The van der Waals surface area contributed by atoms with E-state index in [4.69, 9.17) is 5.73 Å². The Morgan fingerprint density at radius 2 is 1.97 bits per heavy atom. The second-order valence-electron chi connectivity index (χ2n) is 7.74. The molecule has 29 heavy (non-hydrogen) atoms. The maximum atomic E-state index is 11.5. The van der Waals surface area contributed by atoms with E-state index in [2.05, 4.69) is 22.5 Å². The molecule has 5 heteroatoms. The molecule has 0 aliphatic carbocycles. The van der Waals surface area contributed by atoms with Gasteiger partial charge in [0.15, 0.2) is 0 Å². The third-order valence-corrected chi connectivity index (χ3v) is 5.82. The monoisotopic (exact) mass is 389 g/mol. The average molecular weight is 389 g/mol. The Morgan fingerprint density at radius 1 is 1.14 bits per heavy atom. The smallest absolute Gasteiger partial charge is 0.248 e. The van der Waals surface area contributed by atoms with Gasteiger partial charge in [-0.15, -0.1) is 0 Å². The number of nitrogens with one attached hydrogen (secondary N) is 2. The number of hydrogen-bond donors (Lipinski definition) is 4. The zero-order valence-corrected chi connectivity index (χ0v) is 16.4. The number of aromatic nitrogens is 1. The van der Waals surface area contributed by atoms with Crippen LogP contribution in [0.5, 0.6) is 5.75 Å². The van der Waals surface area contributed by atoms with Crippen LogP contribution in [0.4, 0.5) is 0 Å². The van der Waals surface area contributed by atoms with Crippen LogP contribution in [0.25, 0.3) is 10.9 Å². The molecule has 4 rings (SSSR count). The van der Waals surface area contributed by atoms with Crippen LogP contribution in [0.15, 0.2) is 60.8 Å². The summed E-state index contributed by atoms with van der Waals surface area (Å²) in [5.74, 6) is 0.239. The topological polar surface area (TPSA) is 91.1 Å². The first kappa shape index (κ1) is 19.3. The minimum Gasteiger partial charge on any atom is -0.508 e. The molecule has 1 aromatic heterocycles. The summed E-state index contributed by atoms with van der Waals surface area (Å²) in [6.45, 7) is 0.900. The van der Waals surface area contributed by atoms with Crippen LogP contribution in [-0.4, -0.2) is 28.6 Å². The van der Waals surface area contributed by atoms with Crippen LogP contribution in [0.2, 0.25) is 0 Å². The maximum Gasteiger partial charge on any atom is 0.248 e. The average Bonchev–Trinajstić information content (AvgIpc) is 3.14. The zero-order valence-electron chi connectivity index (χ0n) is 16.4. The summed E-state index contributed by atoms with van der Waals surface area (Å²) in [5.41, 5.74) is 9.47. The number of phenolic OH excluding ortho intramolecular Hbond substituents is 1. The highest BCUT2D eigenvalue weighted by molar-refractivity contribution is 5.97. The summed E-state index contributed by atoms with van der Waals surface area (Å²) in [6.07, 6.45) is 10.7. The number of hydrogen-bond acceptors (Lipinski definition) is 3. The van der Waals surface area contributed by atoms with Gasteiger partial charge in [0.2, 0.25) is 5.91 Å². The van der Waals surface area contributed by atoms with Crippen molar-refractivity contribution in [2.75, 3.05) is 6.54 Å². The molecule has 0 bridgehead atoms. The lowest BCUT2D eigenvalue weighted by Crippen LogP contribution is -2.37. The highest BCUT2D eigenvalue weighted by Gasteiger charge is 2.22. The molecule has 1 aliphatic heterocycles. The summed E-state index contributed by atoms with van der Waals surface area (Å²) >= 11 is 0. The first-order valence-electron chi connectivity index (χ1n) is 10.2. The highest BCUT2D eigenvalue weighted by Crippen LogP contribution is 2.28. The van der Waals surface area contributed by atoms with Gasteiger partial charge < -0.3 is 21.1 Å². The molecule has 1 aliphatic rings. The van der Waals surface area contributed by atoms with Crippen molar-refractivity contribution in [2.24, 2.45) is 5.73 Å². The SMILES string of the molecule is NC(=O)c1ccc2[nH]cc(CCCCC3NCC=CC3c3ccc(O)cc3)c2c1. The van der Waals surface area contributed by atoms with E-state index in [1.54, 1.807) is 18.2 Å². The fraction of sp³-hybridized carbons (Fsp3) is 0.292. The molecule has 2 atom stereocenters. The molecular weight excluding hydrogens is 362 g/mol. The van der Waals surface area contributed by atoms with E-state index in [-0.39, 0.29) is 0 Å². The van der Waals surface area contributed by atoms with Gasteiger partial charge in [0.05, 0.1) is 0 Å². The van der Waals surface area contributed by atoms with Gasteiger partial charge >= 0.3 is 0 Å². The van der Waals surface area contributed by atoms with Crippen molar-refractivity contribution in [2.45, 2.75) is 37.6 Å². The van der Waals surface area contributed by atoms with Crippen LogP contribution in [0.3, 0.4) is 0 Å². The Hall–Kier alpha value is -3.05. The van der Waals surface area contributed by atoms with Crippen molar-refractivity contribution in [1.82, 2.24) is 10.3 Å². The third-order valence-electron chi connectivity index (χ3n) is 5.82. The maximum absolute atomic E-state index is 11.5. The number of amides is 1. The molecule has 2 unspecified atom stereocenters. The molecular formula is C24H27N3O2. The summed E-state index contributed by atoms with van der Waals surface area (Å²) in [6, 6.07) is 13.5. The van der Waals surface area contributed by atoms with Gasteiger partial charge in [0.25, 0.3) is 0 Å². The van der Waals surface area contributed by atoms with Gasteiger partial charge in [0.1, 0.15) is 5.75 Å². The molecule has 0 fully saturated rings. The second-order valence-corrected chi connectivity index (χ2v) is 7.74. The van der Waals surface area contributed by atoms with Crippen molar-refractivity contribution >= 4 is 16.8 Å². The molecule has 3 aromatic rings. The fourth-order valence-electron chi connectivity index (χ4n) is 4.23. The molecule has 0 saturated carbocycles. The number of H-pyrrole nitrogens is 1. The molecule has 0 radical (unpaired) electrons. The van der Waals surface area contributed by atoms with E-state index in [0.29, 0.717) is 23.3 Å². The van der Waals surface area contributed by atoms with E-state index in [0.717, 1.165) is 43.1 Å². The lowest BCUT2D eigenvalue weighted by molar-refractivity contribution is 0.100. The Kier molecular flexibility index (Phi) is 5.67. The molecule has 2 aromatic carbocycles. The predicted octanol–water partition coefficient (Wildman–Crippen LogP) is 4.00. The Labute approximate surface area is 170 Å². The number of aromatic hydroxyl groups is 1. The van der Waals surface area contributed by atoms with Gasteiger partial charge in [0, 0.05) is 41.2 Å². The van der Waals surface area contributed by atoms with E-state index in [1.807, 2.05) is 30.5 Å². The van der Waals surface area contributed by atoms with Crippen LogP contribution >= 0.6 is 0 Å². The molecule has 1 amide bonds. The largest absolute Gasteiger partial charge is 0.508 e. The third kappa shape index (κ3) is 4.35. The normalized spacial score (nSPS) is 18.9. The number of carbonyl (C=O) groups excluding carboxylic acids is 1. The number of primary amides is 1. The molecule has 0 saturated heterocycles. The number of aromatic amines is 1. The number of rotatable bonds is 7. The molecule has 0 spiro atoms. The van der Waals surface area contributed by atoms with Crippen LogP contribution < -0.4 is 11.1 Å². The lowest BCUT2D eigenvalue weighted by Gasteiger charge is -2.29. The first-order chi connectivity index (χ1) is 14.1. The number of aryl methyl sites for hydroxylation is 1. The van der Waals surface area contributed by atoms with E-state index in [9.17, 15) is 9.90 Å². The standard InChI is InChI=1S/C24H27N3O2/c25-24(29)17-9-12-23-21(14-17)18(15-27-23)4-1-2-6-22-20(5-3-13-26-22)16-7-10-19(28)11-8-16/h3,5,7-12,14-15,20,22,26-28H,1-2,4,6,13H2,(H2,25,29). The van der Waals surface area contributed by atoms with Gasteiger partial charge in [-0.05, 0) is 60.7 Å². The first-order valence-corrected chi connectivity index (χ1v) is 10.2. The quantitative estimate of drug-likeness (QED) is 0.364. The second kappa shape index (κ2) is 8.53. The Balaban J connectivity index is 1.37. The van der Waals surface area contributed by atoms with Crippen molar-refractivity contribution in [3.8, 4) is 5.75 Å². The van der Waals surface area contributed by atoms with Gasteiger partial charge in [-0.25, -0.2) is 0 Å².